The van der Waals surface area contributed by atoms with Crippen LogP contribution in [0.3, 0.4) is 0 Å². The van der Waals surface area contributed by atoms with Crippen LogP contribution in [0.15, 0.2) is 0 Å². The summed E-state index contributed by atoms with van der Waals surface area (Å²) in [7, 11) is 0. The van der Waals surface area contributed by atoms with Gasteiger partial charge < -0.3 is 10.6 Å². The van der Waals surface area contributed by atoms with E-state index in [-0.39, 0.29) is 12.4 Å². The fourth-order valence-electron chi connectivity index (χ4n) is 1.32. The van der Waals surface area contributed by atoms with Gasteiger partial charge in [-0.05, 0) is 25.9 Å². The zero-order chi connectivity index (χ0) is 13.9. The maximum Gasteiger partial charge on any atom is 0.0573 e. The van der Waals surface area contributed by atoms with Crippen molar-refractivity contribution in [2.75, 3.05) is 26.2 Å². The smallest absolute Gasteiger partial charge is 0.0573 e. The van der Waals surface area contributed by atoms with Crippen LogP contribution in [0.1, 0.15) is 52.4 Å². The molecule has 0 atom stereocenters. The first-order chi connectivity index (χ1) is 8.83. The lowest BCUT2D eigenvalue weighted by Crippen LogP contribution is -2.14. The van der Waals surface area contributed by atoms with Gasteiger partial charge >= 0.3 is 0 Å². The van der Waals surface area contributed by atoms with Crippen molar-refractivity contribution in [3.63, 3.8) is 0 Å². The number of nitrogens with one attached hydrogen (secondary N) is 2. The minimum absolute atomic E-state index is 0. The Morgan fingerprint density at radius 2 is 1.11 bits per heavy atom. The van der Waals surface area contributed by atoms with E-state index in [1.165, 1.54) is 38.5 Å². The first-order valence-corrected chi connectivity index (χ1v) is 7.11. The fourth-order valence-corrected chi connectivity index (χ4v) is 1.32. The average molecular weight is 287 g/mol. The van der Waals surface area contributed by atoms with Crippen molar-refractivity contribution in [3.8, 4) is 24.7 Å². The van der Waals surface area contributed by atoms with Gasteiger partial charge in [0.15, 0.2) is 0 Å². The second-order valence-corrected chi connectivity index (χ2v) is 4.18. The van der Waals surface area contributed by atoms with Gasteiger partial charge in [0.2, 0.25) is 0 Å². The van der Waals surface area contributed by atoms with Gasteiger partial charge in [-0.3, -0.25) is 0 Å². The Labute approximate surface area is 126 Å². The molecule has 0 bridgehead atoms. The third kappa shape index (κ3) is 31.7. The van der Waals surface area contributed by atoms with Gasteiger partial charge in [0.05, 0.1) is 13.1 Å². The Hall–Kier alpha value is -0.670. The lowest BCUT2D eigenvalue weighted by molar-refractivity contribution is 0.650. The summed E-state index contributed by atoms with van der Waals surface area (Å²) < 4.78 is 0. The zero-order valence-corrected chi connectivity index (χ0v) is 13.5. The average Bonchev–Trinajstić information content (AvgIpc) is 2.39. The highest BCUT2D eigenvalue weighted by Gasteiger charge is 1.83. The van der Waals surface area contributed by atoms with Crippen LogP contribution in [0.5, 0.6) is 0 Å². The number of terminal acetylenes is 2. The van der Waals surface area contributed by atoms with E-state index < -0.39 is 0 Å². The molecule has 0 radical (unpaired) electrons. The Morgan fingerprint density at radius 3 is 1.37 bits per heavy atom. The van der Waals surface area contributed by atoms with Crippen LogP contribution in [-0.4, -0.2) is 26.2 Å². The molecule has 0 saturated carbocycles. The topological polar surface area (TPSA) is 24.1 Å². The van der Waals surface area contributed by atoms with Gasteiger partial charge in [-0.15, -0.1) is 25.3 Å². The monoisotopic (exact) mass is 286 g/mol. The molecule has 0 unspecified atom stereocenters. The molecule has 3 heteroatoms. The van der Waals surface area contributed by atoms with Crippen LogP contribution in [-0.2, 0) is 0 Å². The third-order valence-electron chi connectivity index (χ3n) is 2.37. The van der Waals surface area contributed by atoms with Crippen LogP contribution in [0, 0.1) is 24.7 Å². The normalized spacial score (nSPS) is 8.42. The van der Waals surface area contributed by atoms with Gasteiger partial charge in [-0.25, -0.2) is 0 Å². The molecule has 0 aromatic rings. The standard InChI is InChI=1S/2C8H15N.ClH/c2*1-3-5-6-8-9-7-4-2;/h2*2,9H,3,5-8H2,1H3;1H. The maximum absolute atomic E-state index is 5.03. The summed E-state index contributed by atoms with van der Waals surface area (Å²) in [5, 5.41) is 6.27. The summed E-state index contributed by atoms with van der Waals surface area (Å²) in [5.74, 6) is 5.07. The number of rotatable bonds is 10. The van der Waals surface area contributed by atoms with Crippen LogP contribution in [0.2, 0.25) is 0 Å². The molecule has 0 fully saturated rings. The molecule has 0 spiro atoms. The Morgan fingerprint density at radius 1 is 0.737 bits per heavy atom. The highest BCUT2D eigenvalue weighted by atomic mass is 35.5. The van der Waals surface area contributed by atoms with Crippen molar-refractivity contribution in [2.24, 2.45) is 0 Å². The van der Waals surface area contributed by atoms with Crippen molar-refractivity contribution in [2.45, 2.75) is 52.4 Å². The Balaban J connectivity index is -0.000000256. The number of halogens is 1. The lowest BCUT2D eigenvalue weighted by atomic mass is 10.2. The van der Waals surface area contributed by atoms with Crippen molar-refractivity contribution >= 4 is 12.4 Å². The van der Waals surface area contributed by atoms with Crippen LogP contribution in [0.4, 0.5) is 0 Å². The van der Waals surface area contributed by atoms with Crippen molar-refractivity contribution in [1.82, 2.24) is 10.6 Å². The fraction of sp³-hybridized carbons (Fsp3) is 0.750. The van der Waals surface area contributed by atoms with Crippen molar-refractivity contribution in [3.05, 3.63) is 0 Å². The largest absolute Gasteiger partial charge is 0.306 e. The minimum atomic E-state index is 0. The lowest BCUT2D eigenvalue weighted by Gasteiger charge is -1.96. The molecule has 112 valence electrons. The molecule has 2 nitrogen and oxygen atoms in total. The molecule has 0 aliphatic heterocycles. The first-order valence-electron chi connectivity index (χ1n) is 7.11. The molecule has 0 aliphatic rings. The number of unbranched alkanes of at least 4 members (excludes halogenated alkanes) is 4. The quantitative estimate of drug-likeness (QED) is 0.476. The number of hydrogen-bond donors (Lipinski definition) is 2. The zero-order valence-electron chi connectivity index (χ0n) is 12.6. The summed E-state index contributed by atoms with van der Waals surface area (Å²) in [6, 6.07) is 0. The molecular formula is C16H31ClN2. The Kier molecular flexibility index (Phi) is 32.1. The summed E-state index contributed by atoms with van der Waals surface area (Å²) in [6.45, 7) is 7.95. The molecule has 0 aromatic heterocycles. The molecule has 0 aromatic carbocycles. The van der Waals surface area contributed by atoms with Gasteiger partial charge in [-0.1, -0.05) is 51.4 Å². The second-order valence-electron chi connectivity index (χ2n) is 4.18. The molecule has 0 heterocycles. The molecule has 0 rings (SSSR count). The van der Waals surface area contributed by atoms with E-state index >= 15 is 0 Å². The van der Waals surface area contributed by atoms with Gasteiger partial charge in [0.25, 0.3) is 0 Å². The summed E-state index contributed by atoms with van der Waals surface area (Å²) >= 11 is 0. The van der Waals surface area contributed by atoms with Crippen LogP contribution in [0.25, 0.3) is 0 Å². The van der Waals surface area contributed by atoms with E-state index in [0.29, 0.717) is 13.1 Å². The predicted molar refractivity (Wildman–Crippen MR) is 89.7 cm³/mol. The summed E-state index contributed by atoms with van der Waals surface area (Å²) in [5.41, 5.74) is 0. The third-order valence-corrected chi connectivity index (χ3v) is 2.37. The van der Waals surface area contributed by atoms with E-state index in [1.54, 1.807) is 0 Å². The van der Waals surface area contributed by atoms with Crippen LogP contribution >= 0.6 is 12.4 Å². The van der Waals surface area contributed by atoms with E-state index in [9.17, 15) is 0 Å². The van der Waals surface area contributed by atoms with Crippen molar-refractivity contribution < 1.29 is 0 Å². The molecule has 0 saturated heterocycles. The summed E-state index contributed by atoms with van der Waals surface area (Å²) in [6.07, 6.45) is 17.7. The van der Waals surface area contributed by atoms with Crippen LogP contribution < -0.4 is 10.6 Å². The van der Waals surface area contributed by atoms with E-state index in [0.717, 1.165) is 13.1 Å². The van der Waals surface area contributed by atoms with Crippen molar-refractivity contribution in [1.29, 1.82) is 0 Å². The van der Waals surface area contributed by atoms with Gasteiger partial charge in [0, 0.05) is 0 Å². The highest BCUT2D eigenvalue weighted by Crippen LogP contribution is 1.90. The van der Waals surface area contributed by atoms with Gasteiger partial charge in [-0.2, -0.15) is 0 Å². The molecule has 0 amide bonds. The highest BCUT2D eigenvalue weighted by molar-refractivity contribution is 5.85. The van der Waals surface area contributed by atoms with E-state index in [4.69, 9.17) is 12.8 Å². The summed E-state index contributed by atoms with van der Waals surface area (Å²) in [4.78, 5) is 0. The second kappa shape index (κ2) is 26.0. The SMILES string of the molecule is C#CCNCCCCC.C#CCNCCCCC.Cl. The van der Waals surface area contributed by atoms with E-state index in [1.807, 2.05) is 0 Å². The minimum Gasteiger partial charge on any atom is -0.306 e. The van der Waals surface area contributed by atoms with E-state index in [2.05, 4.69) is 36.3 Å². The number of hydrogen-bond acceptors (Lipinski definition) is 2. The van der Waals surface area contributed by atoms with Gasteiger partial charge in [0.1, 0.15) is 0 Å². The molecular weight excluding hydrogens is 256 g/mol. The Bertz CT molecular complexity index is 192. The molecule has 19 heavy (non-hydrogen) atoms. The maximum atomic E-state index is 5.03. The predicted octanol–water partition coefficient (Wildman–Crippen LogP) is 3.22. The molecule has 0 aliphatic carbocycles. The molecule has 2 N–H and O–H groups in total. The first kappa shape index (κ1) is 23.4.